The zero-order valence-corrected chi connectivity index (χ0v) is 12.9. The van der Waals surface area contributed by atoms with Crippen LogP contribution in [0.15, 0.2) is 28.7 Å². The van der Waals surface area contributed by atoms with Crippen molar-refractivity contribution in [2.75, 3.05) is 12.4 Å². The molecule has 21 heavy (non-hydrogen) atoms. The number of carbonyl (C=O) groups is 2. The highest BCUT2D eigenvalue weighted by atomic mass is 79.9. The zero-order chi connectivity index (χ0) is 15.6. The third-order valence-electron chi connectivity index (χ3n) is 2.82. The van der Waals surface area contributed by atoms with Crippen LogP contribution in [0.1, 0.15) is 26.5 Å². The number of benzene rings is 1. The Balaban J connectivity index is 2.32. The van der Waals surface area contributed by atoms with Crippen LogP contribution in [0.25, 0.3) is 0 Å². The highest BCUT2D eigenvalue weighted by Gasteiger charge is 2.18. The van der Waals surface area contributed by atoms with Crippen LogP contribution in [-0.2, 0) is 0 Å². The molecular weight excluding hydrogens is 340 g/mol. The van der Waals surface area contributed by atoms with Crippen LogP contribution in [-0.4, -0.2) is 29.1 Å². The third kappa shape index (κ3) is 3.25. The fraction of sp³-hybridized carbons (Fsp3) is 0.143. The largest absolute Gasteiger partial charge is 0.496 e. The van der Waals surface area contributed by atoms with Crippen molar-refractivity contribution >= 4 is 33.5 Å². The quantitative estimate of drug-likeness (QED) is 0.788. The lowest BCUT2D eigenvalue weighted by Gasteiger charge is -2.09. The lowest BCUT2D eigenvalue weighted by molar-refractivity contribution is 0.0692. The summed E-state index contributed by atoms with van der Waals surface area (Å²) in [5, 5.41) is 11.7. The number of anilines is 1. The molecule has 1 aromatic heterocycles. The van der Waals surface area contributed by atoms with Gasteiger partial charge in [0.05, 0.1) is 18.4 Å². The van der Waals surface area contributed by atoms with Crippen LogP contribution >= 0.6 is 15.9 Å². The smallest absolute Gasteiger partial charge is 0.354 e. The lowest BCUT2D eigenvalue weighted by Crippen LogP contribution is -2.15. The molecule has 0 unspecified atom stereocenters. The molecule has 110 valence electrons. The molecule has 1 aromatic carbocycles. The van der Waals surface area contributed by atoms with Gasteiger partial charge in [0.15, 0.2) is 0 Å². The lowest BCUT2D eigenvalue weighted by atomic mass is 10.2. The molecular formula is C14H13BrN2O4. The number of halogens is 1. The number of ether oxygens (including phenoxy) is 1. The number of aromatic nitrogens is 1. The van der Waals surface area contributed by atoms with E-state index in [-0.39, 0.29) is 11.4 Å². The van der Waals surface area contributed by atoms with Gasteiger partial charge in [0.1, 0.15) is 11.4 Å². The van der Waals surface area contributed by atoms with Crippen LogP contribution in [0.4, 0.5) is 5.69 Å². The number of carbonyl (C=O) groups excluding carboxylic acids is 1. The molecule has 0 aliphatic heterocycles. The first kappa shape index (κ1) is 15.1. The zero-order valence-electron chi connectivity index (χ0n) is 11.4. The molecule has 3 N–H and O–H groups in total. The topological polar surface area (TPSA) is 91.4 Å². The van der Waals surface area contributed by atoms with Crippen molar-refractivity contribution in [3.63, 3.8) is 0 Å². The Morgan fingerprint density at radius 3 is 2.67 bits per heavy atom. The van der Waals surface area contributed by atoms with Gasteiger partial charge in [-0.15, -0.1) is 0 Å². The molecule has 0 spiro atoms. The maximum absolute atomic E-state index is 12.3. The molecule has 1 heterocycles. The van der Waals surface area contributed by atoms with Crippen molar-refractivity contribution in [1.82, 2.24) is 4.98 Å². The molecule has 2 rings (SSSR count). The van der Waals surface area contributed by atoms with Gasteiger partial charge in [-0.2, -0.15) is 0 Å². The van der Waals surface area contributed by atoms with E-state index in [4.69, 9.17) is 9.84 Å². The Bertz CT molecular complexity index is 709. The van der Waals surface area contributed by atoms with Crippen molar-refractivity contribution < 1.29 is 19.4 Å². The Hall–Kier alpha value is -2.28. The molecule has 0 saturated heterocycles. The van der Waals surface area contributed by atoms with Gasteiger partial charge in [0, 0.05) is 10.2 Å². The minimum absolute atomic E-state index is 0.0584. The number of aromatic amines is 1. The number of carboxylic acids is 1. The normalized spacial score (nSPS) is 10.2. The molecule has 0 aliphatic carbocycles. The van der Waals surface area contributed by atoms with E-state index in [0.29, 0.717) is 17.0 Å². The van der Waals surface area contributed by atoms with E-state index in [9.17, 15) is 9.59 Å². The Labute approximate surface area is 129 Å². The number of carboxylic acid groups (broad SMARTS) is 1. The molecule has 0 atom stereocenters. The number of hydrogen-bond donors (Lipinski definition) is 3. The molecule has 1 amide bonds. The molecule has 2 aromatic rings. The number of aromatic carboxylic acids is 1. The van der Waals surface area contributed by atoms with Crippen molar-refractivity contribution in [2.24, 2.45) is 0 Å². The van der Waals surface area contributed by atoms with Gasteiger partial charge < -0.3 is 20.1 Å². The summed E-state index contributed by atoms with van der Waals surface area (Å²) in [5.74, 6) is -1.19. The predicted molar refractivity (Wildman–Crippen MR) is 81.1 cm³/mol. The molecule has 0 fully saturated rings. The van der Waals surface area contributed by atoms with Gasteiger partial charge in [0.25, 0.3) is 5.91 Å². The minimum Gasteiger partial charge on any atom is -0.496 e. The van der Waals surface area contributed by atoms with E-state index < -0.39 is 11.9 Å². The summed E-state index contributed by atoms with van der Waals surface area (Å²) in [5.41, 5.74) is 1.12. The van der Waals surface area contributed by atoms with Crippen molar-refractivity contribution in [1.29, 1.82) is 0 Å². The molecule has 7 heteroatoms. The summed E-state index contributed by atoms with van der Waals surface area (Å²) in [6, 6.07) is 6.53. The summed E-state index contributed by atoms with van der Waals surface area (Å²) >= 11 is 3.29. The number of rotatable bonds is 4. The van der Waals surface area contributed by atoms with Crippen LogP contribution < -0.4 is 10.1 Å². The van der Waals surface area contributed by atoms with Gasteiger partial charge in [-0.05, 0) is 31.2 Å². The Kier molecular flexibility index (Phi) is 4.32. The van der Waals surface area contributed by atoms with Crippen molar-refractivity contribution in [2.45, 2.75) is 6.92 Å². The summed E-state index contributed by atoms with van der Waals surface area (Å²) in [4.78, 5) is 26.1. The number of methoxy groups -OCH3 is 1. The molecule has 0 aliphatic rings. The number of amides is 1. The molecule has 0 bridgehead atoms. The first-order valence-electron chi connectivity index (χ1n) is 6.00. The minimum atomic E-state index is -1.14. The number of aryl methyl sites for hydroxylation is 1. The monoisotopic (exact) mass is 352 g/mol. The van der Waals surface area contributed by atoms with E-state index in [2.05, 4.69) is 26.2 Å². The van der Waals surface area contributed by atoms with Gasteiger partial charge in [-0.1, -0.05) is 15.9 Å². The summed E-state index contributed by atoms with van der Waals surface area (Å²) < 4.78 is 5.93. The average Bonchev–Trinajstić information content (AvgIpc) is 2.79. The molecule has 6 nitrogen and oxygen atoms in total. The molecule has 0 saturated carbocycles. The van der Waals surface area contributed by atoms with E-state index in [1.807, 2.05) is 0 Å². The highest BCUT2D eigenvalue weighted by Crippen LogP contribution is 2.25. The fourth-order valence-corrected chi connectivity index (χ4v) is 2.24. The van der Waals surface area contributed by atoms with Gasteiger partial charge in [-0.25, -0.2) is 4.79 Å². The van der Waals surface area contributed by atoms with Gasteiger partial charge in [0.2, 0.25) is 0 Å². The van der Waals surface area contributed by atoms with Crippen LogP contribution in [0.5, 0.6) is 5.75 Å². The highest BCUT2D eigenvalue weighted by molar-refractivity contribution is 9.10. The second kappa shape index (κ2) is 6.01. The summed E-state index contributed by atoms with van der Waals surface area (Å²) in [6.07, 6.45) is 0. The maximum atomic E-state index is 12.3. The summed E-state index contributed by atoms with van der Waals surface area (Å²) in [7, 11) is 1.46. The van der Waals surface area contributed by atoms with E-state index in [1.54, 1.807) is 31.2 Å². The Morgan fingerprint density at radius 1 is 1.33 bits per heavy atom. The van der Waals surface area contributed by atoms with Gasteiger partial charge >= 0.3 is 5.97 Å². The first-order chi connectivity index (χ1) is 9.92. The summed E-state index contributed by atoms with van der Waals surface area (Å²) in [6.45, 7) is 1.71. The van der Waals surface area contributed by atoms with E-state index in [1.165, 1.54) is 7.11 Å². The molecule has 0 radical (unpaired) electrons. The van der Waals surface area contributed by atoms with E-state index in [0.717, 1.165) is 4.47 Å². The number of hydrogen-bond acceptors (Lipinski definition) is 3. The van der Waals surface area contributed by atoms with Crippen molar-refractivity contribution in [3.05, 3.63) is 45.7 Å². The standard InChI is InChI=1S/C14H13BrN2O4/c1-7-5-10(12(16-7)14(19)20)17-13(18)9-4-3-8(15)6-11(9)21-2/h3-6,16H,1-2H3,(H,17,18)(H,19,20). The second-order valence-corrected chi connectivity index (χ2v) is 5.26. The maximum Gasteiger partial charge on any atom is 0.354 e. The number of H-pyrrole nitrogens is 1. The first-order valence-corrected chi connectivity index (χ1v) is 6.79. The van der Waals surface area contributed by atoms with Crippen LogP contribution in [0.2, 0.25) is 0 Å². The van der Waals surface area contributed by atoms with E-state index >= 15 is 0 Å². The SMILES string of the molecule is COc1cc(Br)ccc1C(=O)Nc1cc(C)[nH]c1C(=O)O. The van der Waals surface area contributed by atoms with Crippen LogP contribution in [0.3, 0.4) is 0 Å². The van der Waals surface area contributed by atoms with Crippen LogP contribution in [0, 0.1) is 6.92 Å². The van der Waals surface area contributed by atoms with Gasteiger partial charge in [-0.3, -0.25) is 4.79 Å². The number of nitrogens with one attached hydrogen (secondary N) is 2. The van der Waals surface area contributed by atoms with Crippen molar-refractivity contribution in [3.8, 4) is 5.75 Å². The second-order valence-electron chi connectivity index (χ2n) is 4.34. The predicted octanol–water partition coefficient (Wildman–Crippen LogP) is 3.04. The third-order valence-corrected chi connectivity index (χ3v) is 3.32. The average molecular weight is 353 g/mol. The Morgan fingerprint density at radius 2 is 2.05 bits per heavy atom. The fourth-order valence-electron chi connectivity index (χ4n) is 1.90.